The highest BCUT2D eigenvalue weighted by atomic mass is 19.1. The van der Waals surface area contributed by atoms with Crippen LogP contribution in [0.4, 0.5) is 10.2 Å². The summed E-state index contributed by atoms with van der Waals surface area (Å²) in [4.78, 5) is 16.2. The van der Waals surface area contributed by atoms with Crippen LogP contribution in [0.25, 0.3) is 11.5 Å². The molecule has 1 fully saturated rings. The molecule has 11 heteroatoms. The number of pyridine rings is 1. The fourth-order valence-corrected chi connectivity index (χ4v) is 3.23. The van der Waals surface area contributed by atoms with Crippen LogP contribution >= 0.6 is 0 Å². The molecule has 0 aromatic carbocycles. The highest BCUT2D eigenvalue weighted by Crippen LogP contribution is 2.43. The van der Waals surface area contributed by atoms with Gasteiger partial charge in [-0.15, -0.1) is 20.4 Å². The summed E-state index contributed by atoms with van der Waals surface area (Å²) in [6.45, 7) is 0.355. The van der Waals surface area contributed by atoms with E-state index in [2.05, 4.69) is 35.9 Å². The Morgan fingerprint density at radius 3 is 2.75 bits per heavy atom. The molecular formula is C17H18FN9O. The van der Waals surface area contributed by atoms with Gasteiger partial charge in [0.05, 0.1) is 5.69 Å². The highest BCUT2D eigenvalue weighted by Gasteiger charge is 2.41. The molecule has 0 aliphatic heterocycles. The summed E-state index contributed by atoms with van der Waals surface area (Å²) in [5.74, 6) is -0.0541. The van der Waals surface area contributed by atoms with Crippen molar-refractivity contribution in [3.05, 3.63) is 42.0 Å². The maximum absolute atomic E-state index is 14.2. The Bertz CT molecular complexity index is 984. The number of anilines is 1. The van der Waals surface area contributed by atoms with Gasteiger partial charge in [-0.2, -0.15) is 4.80 Å². The molecule has 1 saturated carbocycles. The monoisotopic (exact) mass is 383 g/mol. The van der Waals surface area contributed by atoms with Crippen molar-refractivity contribution in [2.75, 3.05) is 11.9 Å². The molecule has 3 aromatic heterocycles. The standard InChI is InChI=1S/C17H18FN9O/c18-11-3-1-8-20-15(11)17(6-2-7-17)10-21-14-5-4-12(22-23-14)16-24-26-27(25-16)9-13(19)28/h1,3-5,8H,2,6-7,9-10H2,(H2,19,28)(H,21,23). The predicted octanol–water partition coefficient (Wildman–Crippen LogP) is 0.683. The zero-order valence-electron chi connectivity index (χ0n) is 14.9. The second-order valence-electron chi connectivity index (χ2n) is 6.73. The summed E-state index contributed by atoms with van der Waals surface area (Å²) in [6.07, 6.45) is 4.39. The van der Waals surface area contributed by atoms with E-state index in [1.807, 2.05) is 0 Å². The number of nitrogens with zero attached hydrogens (tertiary/aromatic N) is 7. The van der Waals surface area contributed by atoms with Gasteiger partial charge in [-0.25, -0.2) is 4.39 Å². The van der Waals surface area contributed by atoms with E-state index in [-0.39, 0.29) is 23.6 Å². The second-order valence-corrected chi connectivity index (χ2v) is 6.73. The van der Waals surface area contributed by atoms with Crippen molar-refractivity contribution in [1.82, 2.24) is 35.4 Å². The Kier molecular flexibility index (Phi) is 4.63. The number of nitrogens with two attached hydrogens (primary N) is 1. The molecule has 1 aliphatic carbocycles. The van der Waals surface area contributed by atoms with Crippen molar-refractivity contribution in [3.63, 3.8) is 0 Å². The molecule has 10 nitrogen and oxygen atoms in total. The van der Waals surface area contributed by atoms with Crippen LogP contribution in [0, 0.1) is 5.82 Å². The fourth-order valence-electron chi connectivity index (χ4n) is 3.23. The van der Waals surface area contributed by atoms with Gasteiger partial charge < -0.3 is 11.1 Å². The first-order valence-corrected chi connectivity index (χ1v) is 8.81. The summed E-state index contributed by atoms with van der Waals surface area (Å²) in [7, 11) is 0. The van der Waals surface area contributed by atoms with Gasteiger partial charge in [0.25, 0.3) is 0 Å². The van der Waals surface area contributed by atoms with Gasteiger partial charge >= 0.3 is 0 Å². The van der Waals surface area contributed by atoms with Crippen LogP contribution in [0.3, 0.4) is 0 Å². The molecule has 28 heavy (non-hydrogen) atoms. The molecule has 1 aliphatic rings. The van der Waals surface area contributed by atoms with Crippen molar-refractivity contribution in [3.8, 4) is 11.5 Å². The molecule has 1 amide bonds. The van der Waals surface area contributed by atoms with Crippen molar-refractivity contribution >= 4 is 11.7 Å². The number of rotatable bonds is 7. The van der Waals surface area contributed by atoms with Crippen LogP contribution in [-0.4, -0.2) is 47.8 Å². The number of nitrogens with one attached hydrogen (secondary N) is 1. The van der Waals surface area contributed by atoms with E-state index in [4.69, 9.17) is 5.73 Å². The van der Waals surface area contributed by atoms with E-state index in [0.29, 0.717) is 23.8 Å². The minimum absolute atomic E-state index is 0.160. The van der Waals surface area contributed by atoms with Crippen molar-refractivity contribution in [2.45, 2.75) is 31.2 Å². The summed E-state index contributed by atoms with van der Waals surface area (Å²) >= 11 is 0. The Balaban J connectivity index is 1.44. The molecule has 3 N–H and O–H groups in total. The molecule has 0 unspecified atom stereocenters. The van der Waals surface area contributed by atoms with Crippen LogP contribution in [-0.2, 0) is 16.8 Å². The van der Waals surface area contributed by atoms with Gasteiger partial charge in [-0.3, -0.25) is 9.78 Å². The third-order valence-corrected chi connectivity index (χ3v) is 4.82. The lowest BCUT2D eigenvalue weighted by atomic mass is 9.66. The van der Waals surface area contributed by atoms with E-state index < -0.39 is 5.91 Å². The molecule has 144 valence electrons. The Morgan fingerprint density at radius 2 is 2.11 bits per heavy atom. The summed E-state index contributed by atoms with van der Waals surface area (Å²) in [5, 5.41) is 23.0. The number of carbonyl (C=O) groups excluding carboxylic acids is 1. The van der Waals surface area contributed by atoms with Gasteiger partial charge in [-0.1, -0.05) is 6.42 Å². The quantitative estimate of drug-likeness (QED) is 0.608. The maximum Gasteiger partial charge on any atom is 0.241 e. The summed E-state index contributed by atoms with van der Waals surface area (Å²) in [5.41, 5.74) is 5.67. The second kappa shape index (κ2) is 7.25. The van der Waals surface area contributed by atoms with Crippen molar-refractivity contribution < 1.29 is 9.18 Å². The summed E-state index contributed by atoms with van der Waals surface area (Å²) in [6, 6.07) is 6.46. The number of tetrazole rings is 1. The Morgan fingerprint density at radius 1 is 1.25 bits per heavy atom. The first kappa shape index (κ1) is 17.9. The lowest BCUT2D eigenvalue weighted by Gasteiger charge is -2.41. The molecule has 0 atom stereocenters. The number of hydrogen-bond donors (Lipinski definition) is 2. The Labute approximate surface area is 159 Å². The van der Waals surface area contributed by atoms with Crippen molar-refractivity contribution in [2.24, 2.45) is 5.73 Å². The fraction of sp³-hybridized carbons (Fsp3) is 0.353. The van der Waals surface area contributed by atoms with Crippen LogP contribution in [0.15, 0.2) is 30.5 Å². The minimum atomic E-state index is -0.566. The van der Waals surface area contributed by atoms with Crippen LogP contribution in [0.1, 0.15) is 25.0 Å². The van der Waals surface area contributed by atoms with E-state index in [0.717, 1.165) is 24.1 Å². The molecular weight excluding hydrogens is 365 g/mol. The van der Waals surface area contributed by atoms with Crippen molar-refractivity contribution in [1.29, 1.82) is 0 Å². The van der Waals surface area contributed by atoms with Crippen LogP contribution < -0.4 is 11.1 Å². The smallest absolute Gasteiger partial charge is 0.241 e. The highest BCUT2D eigenvalue weighted by molar-refractivity contribution is 5.73. The first-order chi connectivity index (χ1) is 13.6. The topological polar surface area (TPSA) is 137 Å². The van der Waals surface area contributed by atoms with E-state index >= 15 is 0 Å². The molecule has 0 bridgehead atoms. The lowest BCUT2D eigenvalue weighted by Crippen LogP contribution is -2.42. The van der Waals surface area contributed by atoms with Crippen LogP contribution in [0.5, 0.6) is 0 Å². The zero-order chi connectivity index (χ0) is 19.6. The molecule has 4 rings (SSSR count). The average Bonchev–Trinajstić information content (AvgIpc) is 3.10. The molecule has 0 saturated heterocycles. The lowest BCUT2D eigenvalue weighted by molar-refractivity contribution is -0.118. The number of aromatic nitrogens is 7. The van der Waals surface area contributed by atoms with Gasteiger partial charge in [0.1, 0.15) is 23.9 Å². The third-order valence-electron chi connectivity index (χ3n) is 4.82. The van der Waals surface area contributed by atoms with Gasteiger partial charge in [0.15, 0.2) is 0 Å². The van der Waals surface area contributed by atoms with Gasteiger partial charge in [0.2, 0.25) is 11.7 Å². The van der Waals surface area contributed by atoms with Gasteiger partial charge in [-0.05, 0) is 42.3 Å². The van der Waals surface area contributed by atoms with Gasteiger partial charge in [0, 0.05) is 18.2 Å². The maximum atomic E-state index is 14.2. The summed E-state index contributed by atoms with van der Waals surface area (Å²) < 4.78 is 14.2. The third kappa shape index (κ3) is 3.50. The zero-order valence-corrected chi connectivity index (χ0v) is 14.9. The molecule has 0 spiro atoms. The molecule has 3 aromatic rings. The van der Waals surface area contributed by atoms with E-state index in [9.17, 15) is 9.18 Å². The number of amides is 1. The number of primary amides is 1. The SMILES string of the molecule is NC(=O)Cn1nnc(-c2ccc(NCC3(c4ncccc4F)CCC3)nn2)n1. The molecule has 3 heterocycles. The average molecular weight is 383 g/mol. The minimum Gasteiger partial charge on any atom is -0.368 e. The number of halogens is 1. The Hall–Kier alpha value is -3.50. The normalized spacial score (nSPS) is 15.0. The van der Waals surface area contributed by atoms with E-state index in [1.165, 1.54) is 6.07 Å². The predicted molar refractivity (Wildman–Crippen MR) is 96.3 cm³/mol. The van der Waals surface area contributed by atoms with E-state index in [1.54, 1.807) is 24.4 Å². The number of hydrogen-bond acceptors (Lipinski definition) is 8. The molecule has 0 radical (unpaired) electrons. The first-order valence-electron chi connectivity index (χ1n) is 8.81. The van der Waals surface area contributed by atoms with Crippen LogP contribution in [0.2, 0.25) is 0 Å². The number of carbonyl (C=O) groups is 1. The largest absolute Gasteiger partial charge is 0.368 e.